The van der Waals surface area contributed by atoms with Crippen molar-refractivity contribution in [2.24, 2.45) is 0 Å². The lowest BCUT2D eigenvalue weighted by molar-refractivity contribution is 0.0603. The highest BCUT2D eigenvalue weighted by Gasteiger charge is 2.37. The smallest absolute Gasteiger partial charge is 0.278 e. The number of nitrogens with zero attached hydrogens (tertiary/aromatic N) is 3. The monoisotopic (exact) mass is 349 g/mol. The molecular weight excluding hydrogens is 329 g/mol. The second-order valence-corrected chi connectivity index (χ2v) is 5.94. The van der Waals surface area contributed by atoms with Gasteiger partial charge in [0.05, 0.1) is 30.6 Å². The summed E-state index contributed by atoms with van der Waals surface area (Å²) < 4.78 is 24.9. The lowest BCUT2D eigenvalue weighted by atomic mass is 10.2. The minimum atomic E-state index is -0.389. The summed E-state index contributed by atoms with van der Waals surface area (Å²) in [5.74, 6) is -0.993. The standard InChI is InChI=1S/C17H20FN3O4/c1-24-10-13-7-14(25-2)8-20(13)17(23)16-15(22)9-21(19-16)12-5-3-11(18)4-6-12/h3-6,9,13-14,22H,7-8,10H2,1-2H3/t13-,14-/m0/s1. The Labute approximate surface area is 144 Å². The molecule has 1 N–H and O–H groups in total. The Morgan fingerprint density at radius 1 is 1.36 bits per heavy atom. The summed E-state index contributed by atoms with van der Waals surface area (Å²) in [4.78, 5) is 14.4. The normalized spacial score (nSPS) is 20.2. The Hall–Kier alpha value is -2.45. The summed E-state index contributed by atoms with van der Waals surface area (Å²) in [7, 11) is 3.17. The molecule has 1 aromatic heterocycles. The molecule has 1 saturated heterocycles. The lowest BCUT2D eigenvalue weighted by Crippen LogP contribution is -2.38. The van der Waals surface area contributed by atoms with Crippen LogP contribution in [0.3, 0.4) is 0 Å². The number of rotatable bonds is 5. The first kappa shape index (κ1) is 17.4. The van der Waals surface area contributed by atoms with Gasteiger partial charge in [0.2, 0.25) is 0 Å². The second kappa shape index (κ2) is 7.20. The van der Waals surface area contributed by atoms with Crippen molar-refractivity contribution in [3.8, 4) is 11.4 Å². The Morgan fingerprint density at radius 2 is 2.08 bits per heavy atom. The van der Waals surface area contributed by atoms with E-state index in [0.717, 1.165) is 0 Å². The molecular formula is C17H20FN3O4. The van der Waals surface area contributed by atoms with Gasteiger partial charge in [-0.1, -0.05) is 0 Å². The number of benzene rings is 1. The summed E-state index contributed by atoms with van der Waals surface area (Å²) in [6.07, 6.45) is 1.91. The van der Waals surface area contributed by atoms with E-state index in [1.807, 2.05) is 0 Å². The first-order chi connectivity index (χ1) is 12.0. The van der Waals surface area contributed by atoms with E-state index in [0.29, 0.717) is 25.3 Å². The third-order valence-electron chi connectivity index (χ3n) is 4.32. The predicted octanol–water partition coefficient (Wildman–Crippen LogP) is 1.59. The van der Waals surface area contributed by atoms with E-state index < -0.39 is 0 Å². The van der Waals surface area contributed by atoms with E-state index in [2.05, 4.69) is 5.10 Å². The Bertz CT molecular complexity index is 747. The van der Waals surface area contributed by atoms with Gasteiger partial charge in [-0.2, -0.15) is 5.10 Å². The first-order valence-corrected chi connectivity index (χ1v) is 7.90. The molecule has 1 aliphatic heterocycles. The van der Waals surface area contributed by atoms with Crippen LogP contribution >= 0.6 is 0 Å². The van der Waals surface area contributed by atoms with E-state index >= 15 is 0 Å². The molecule has 8 heteroatoms. The van der Waals surface area contributed by atoms with Crippen LogP contribution in [0.2, 0.25) is 0 Å². The number of carbonyl (C=O) groups is 1. The molecule has 1 amide bonds. The predicted molar refractivity (Wildman–Crippen MR) is 87.3 cm³/mol. The van der Waals surface area contributed by atoms with Gasteiger partial charge in [-0.25, -0.2) is 9.07 Å². The van der Waals surface area contributed by atoms with Gasteiger partial charge >= 0.3 is 0 Å². The van der Waals surface area contributed by atoms with Gasteiger partial charge in [0.1, 0.15) is 5.82 Å². The average molecular weight is 349 g/mol. The number of aromatic hydroxyl groups is 1. The number of aromatic nitrogens is 2. The van der Waals surface area contributed by atoms with E-state index in [1.165, 1.54) is 35.1 Å². The lowest BCUT2D eigenvalue weighted by Gasteiger charge is -2.22. The maximum Gasteiger partial charge on any atom is 0.278 e. The van der Waals surface area contributed by atoms with Crippen LogP contribution in [0, 0.1) is 5.82 Å². The molecule has 3 rings (SSSR count). The van der Waals surface area contributed by atoms with Crippen molar-refractivity contribution in [2.75, 3.05) is 27.4 Å². The quantitative estimate of drug-likeness (QED) is 0.887. The highest BCUT2D eigenvalue weighted by molar-refractivity contribution is 5.95. The Kier molecular flexibility index (Phi) is 5.00. The third kappa shape index (κ3) is 3.49. The van der Waals surface area contributed by atoms with Crippen molar-refractivity contribution < 1.29 is 23.8 Å². The summed E-state index contributed by atoms with van der Waals surface area (Å²) in [6.45, 7) is 0.789. The molecule has 0 aliphatic carbocycles. The largest absolute Gasteiger partial charge is 0.504 e. The molecule has 0 saturated carbocycles. The van der Waals surface area contributed by atoms with Crippen LogP contribution in [0.5, 0.6) is 5.75 Å². The first-order valence-electron chi connectivity index (χ1n) is 7.90. The topological polar surface area (TPSA) is 76.8 Å². The van der Waals surface area contributed by atoms with Crippen LogP contribution in [0.15, 0.2) is 30.5 Å². The van der Waals surface area contributed by atoms with Crippen molar-refractivity contribution in [3.63, 3.8) is 0 Å². The van der Waals surface area contributed by atoms with Crippen molar-refractivity contribution in [1.29, 1.82) is 0 Å². The van der Waals surface area contributed by atoms with Crippen LogP contribution < -0.4 is 0 Å². The van der Waals surface area contributed by atoms with Gasteiger partial charge in [-0.15, -0.1) is 0 Å². The van der Waals surface area contributed by atoms with Crippen molar-refractivity contribution in [2.45, 2.75) is 18.6 Å². The number of carbonyl (C=O) groups excluding carboxylic acids is 1. The Balaban J connectivity index is 1.85. The fourth-order valence-corrected chi connectivity index (χ4v) is 3.02. The van der Waals surface area contributed by atoms with E-state index in [-0.39, 0.29) is 35.3 Å². The maximum atomic E-state index is 13.0. The maximum absolute atomic E-state index is 13.0. The molecule has 2 aromatic rings. The number of amides is 1. The molecule has 0 bridgehead atoms. The van der Waals surface area contributed by atoms with E-state index in [1.54, 1.807) is 19.1 Å². The summed E-state index contributed by atoms with van der Waals surface area (Å²) in [5.41, 5.74) is 0.488. The fourth-order valence-electron chi connectivity index (χ4n) is 3.02. The number of halogens is 1. The van der Waals surface area contributed by atoms with Gasteiger partial charge in [0.15, 0.2) is 11.4 Å². The van der Waals surface area contributed by atoms with Gasteiger partial charge in [0.25, 0.3) is 5.91 Å². The van der Waals surface area contributed by atoms with Crippen LogP contribution in [-0.2, 0) is 9.47 Å². The van der Waals surface area contributed by atoms with Gasteiger partial charge in [0, 0.05) is 20.8 Å². The summed E-state index contributed by atoms with van der Waals surface area (Å²) >= 11 is 0. The zero-order valence-corrected chi connectivity index (χ0v) is 14.1. The second-order valence-electron chi connectivity index (χ2n) is 5.94. The van der Waals surface area contributed by atoms with E-state index in [9.17, 15) is 14.3 Å². The number of hydrogen-bond donors (Lipinski definition) is 1. The molecule has 7 nitrogen and oxygen atoms in total. The van der Waals surface area contributed by atoms with Crippen LogP contribution in [0.25, 0.3) is 5.69 Å². The number of likely N-dealkylation sites (tertiary alicyclic amines) is 1. The van der Waals surface area contributed by atoms with Gasteiger partial charge in [-0.05, 0) is 30.7 Å². The van der Waals surface area contributed by atoms with Crippen LogP contribution in [0.4, 0.5) is 4.39 Å². The third-order valence-corrected chi connectivity index (χ3v) is 4.32. The highest BCUT2D eigenvalue weighted by atomic mass is 19.1. The molecule has 1 fully saturated rings. The zero-order valence-electron chi connectivity index (χ0n) is 14.1. The van der Waals surface area contributed by atoms with Crippen molar-refractivity contribution in [1.82, 2.24) is 14.7 Å². The molecule has 25 heavy (non-hydrogen) atoms. The zero-order chi connectivity index (χ0) is 18.0. The molecule has 1 aliphatic rings. The average Bonchev–Trinajstić information content (AvgIpc) is 3.19. The van der Waals surface area contributed by atoms with E-state index in [4.69, 9.17) is 9.47 Å². The molecule has 0 unspecified atom stereocenters. The molecule has 0 radical (unpaired) electrons. The van der Waals surface area contributed by atoms with Crippen LogP contribution in [0.1, 0.15) is 16.9 Å². The number of ether oxygens (including phenoxy) is 2. The molecule has 2 heterocycles. The van der Waals surface area contributed by atoms with Crippen molar-refractivity contribution in [3.05, 3.63) is 42.0 Å². The number of methoxy groups -OCH3 is 2. The molecule has 0 spiro atoms. The SMILES string of the molecule is COC[C@@H]1C[C@H](OC)CN1C(=O)c1nn(-c2ccc(F)cc2)cc1O. The fraction of sp³-hybridized carbons (Fsp3) is 0.412. The van der Waals surface area contributed by atoms with Crippen molar-refractivity contribution >= 4 is 5.91 Å². The molecule has 2 atom stereocenters. The number of hydrogen-bond acceptors (Lipinski definition) is 5. The van der Waals surface area contributed by atoms with Gasteiger partial charge in [-0.3, -0.25) is 4.79 Å². The minimum Gasteiger partial charge on any atom is -0.504 e. The highest BCUT2D eigenvalue weighted by Crippen LogP contribution is 2.26. The van der Waals surface area contributed by atoms with Crippen LogP contribution in [-0.4, -0.2) is 65.2 Å². The van der Waals surface area contributed by atoms with Gasteiger partial charge < -0.3 is 19.5 Å². The summed E-state index contributed by atoms with van der Waals surface area (Å²) in [5, 5.41) is 14.3. The summed E-state index contributed by atoms with van der Waals surface area (Å²) in [6, 6.07) is 5.46. The Morgan fingerprint density at radius 3 is 2.72 bits per heavy atom. The minimum absolute atomic E-state index is 0.0535. The molecule has 1 aromatic carbocycles. The molecule has 134 valence electrons.